The number of rotatable bonds is 2. The van der Waals surface area contributed by atoms with Crippen LogP contribution in [0.25, 0.3) is 0 Å². The van der Waals surface area contributed by atoms with Gasteiger partial charge in [0, 0.05) is 15.6 Å². The molecule has 0 bridgehead atoms. The topological polar surface area (TPSA) is 0 Å². The Bertz CT molecular complexity index is 632. The maximum Gasteiger partial charge on any atom is 0.160 e. The molecule has 2 aromatic carbocycles. The fraction of sp³-hybridized carbons (Fsp3) is 0.0769. The van der Waals surface area contributed by atoms with Crippen LogP contribution in [-0.2, 0) is 0 Å². The largest absolute Gasteiger partial charge is 0.207 e. The van der Waals surface area contributed by atoms with Crippen LogP contribution in [0.4, 0.5) is 13.2 Å². The Morgan fingerprint density at radius 1 is 0.842 bits per heavy atom. The van der Waals surface area contributed by atoms with Gasteiger partial charge in [0.05, 0.1) is 4.83 Å². The molecule has 2 aromatic rings. The van der Waals surface area contributed by atoms with Crippen molar-refractivity contribution in [1.82, 2.24) is 0 Å². The van der Waals surface area contributed by atoms with Crippen LogP contribution in [0.2, 0.25) is 10.0 Å². The van der Waals surface area contributed by atoms with Gasteiger partial charge in [0.15, 0.2) is 11.6 Å². The van der Waals surface area contributed by atoms with Crippen LogP contribution in [0, 0.1) is 17.5 Å². The minimum Gasteiger partial charge on any atom is -0.207 e. The first-order valence-electron chi connectivity index (χ1n) is 5.13. The zero-order valence-corrected chi connectivity index (χ0v) is 12.3. The second-order valence-corrected chi connectivity index (χ2v) is 5.58. The highest BCUT2D eigenvalue weighted by atomic mass is 79.9. The average Bonchev–Trinajstić information content (AvgIpc) is 2.36. The molecular formula is C13H6BrCl2F3. The van der Waals surface area contributed by atoms with Crippen LogP contribution in [0.15, 0.2) is 30.3 Å². The van der Waals surface area contributed by atoms with Gasteiger partial charge in [-0.05, 0) is 35.9 Å². The van der Waals surface area contributed by atoms with E-state index in [1.807, 2.05) is 0 Å². The standard InChI is InChI=1S/C13H6BrCl2F3/c14-13(8-3-6(15)1-2-10(8)17)7-4-11(18)12(19)5-9(7)16/h1-5,13H. The van der Waals surface area contributed by atoms with Gasteiger partial charge in [-0.25, -0.2) is 13.2 Å². The smallest absolute Gasteiger partial charge is 0.160 e. The molecule has 100 valence electrons. The molecule has 0 heterocycles. The van der Waals surface area contributed by atoms with Crippen molar-refractivity contribution in [2.24, 2.45) is 0 Å². The predicted molar refractivity (Wildman–Crippen MR) is 73.5 cm³/mol. The Balaban J connectivity index is 2.52. The number of benzene rings is 2. The van der Waals surface area contributed by atoms with Crippen LogP contribution in [0.3, 0.4) is 0 Å². The van der Waals surface area contributed by atoms with E-state index in [-0.39, 0.29) is 16.1 Å². The van der Waals surface area contributed by atoms with Crippen LogP contribution in [0.1, 0.15) is 16.0 Å². The molecule has 0 radical (unpaired) electrons. The third-order valence-electron chi connectivity index (χ3n) is 2.54. The third-order valence-corrected chi connectivity index (χ3v) is 4.09. The molecule has 0 saturated carbocycles. The van der Waals surface area contributed by atoms with Gasteiger partial charge in [-0.1, -0.05) is 39.1 Å². The number of hydrogen-bond donors (Lipinski definition) is 0. The maximum atomic E-state index is 13.7. The lowest BCUT2D eigenvalue weighted by atomic mass is 10.0. The summed E-state index contributed by atoms with van der Waals surface area (Å²) in [6, 6.07) is 5.76. The zero-order chi connectivity index (χ0) is 14.2. The normalized spacial score (nSPS) is 12.5. The molecule has 0 nitrogen and oxygen atoms in total. The van der Waals surface area contributed by atoms with Gasteiger partial charge >= 0.3 is 0 Å². The highest BCUT2D eigenvalue weighted by Gasteiger charge is 2.20. The molecule has 0 amide bonds. The van der Waals surface area contributed by atoms with Crippen molar-refractivity contribution < 1.29 is 13.2 Å². The van der Waals surface area contributed by atoms with E-state index in [0.717, 1.165) is 12.1 Å². The molecule has 0 aliphatic heterocycles. The second kappa shape index (κ2) is 5.73. The van der Waals surface area contributed by atoms with Crippen molar-refractivity contribution in [3.05, 3.63) is 69.0 Å². The van der Waals surface area contributed by atoms with Crippen LogP contribution in [-0.4, -0.2) is 0 Å². The van der Waals surface area contributed by atoms with Crippen molar-refractivity contribution in [2.45, 2.75) is 4.83 Å². The van der Waals surface area contributed by atoms with Gasteiger partial charge in [0.25, 0.3) is 0 Å². The molecule has 0 N–H and O–H groups in total. The summed E-state index contributed by atoms with van der Waals surface area (Å²) in [5.74, 6) is -2.63. The van der Waals surface area contributed by atoms with E-state index in [9.17, 15) is 13.2 Å². The van der Waals surface area contributed by atoms with E-state index in [1.54, 1.807) is 0 Å². The highest BCUT2D eigenvalue weighted by molar-refractivity contribution is 9.09. The van der Waals surface area contributed by atoms with Gasteiger partial charge in [-0.3, -0.25) is 0 Å². The third kappa shape index (κ3) is 3.07. The van der Waals surface area contributed by atoms with Gasteiger partial charge in [0.1, 0.15) is 5.82 Å². The summed E-state index contributed by atoms with van der Waals surface area (Å²) in [5, 5.41) is 0.333. The minimum absolute atomic E-state index is 0.000139. The summed E-state index contributed by atoms with van der Waals surface area (Å²) in [6.45, 7) is 0. The van der Waals surface area contributed by atoms with Gasteiger partial charge in [0.2, 0.25) is 0 Å². The van der Waals surface area contributed by atoms with Crippen molar-refractivity contribution in [3.63, 3.8) is 0 Å². The van der Waals surface area contributed by atoms with E-state index in [2.05, 4.69) is 15.9 Å². The molecule has 6 heteroatoms. The first-order chi connectivity index (χ1) is 8.90. The molecule has 0 aliphatic rings. The fourth-order valence-corrected chi connectivity index (χ4v) is 2.91. The van der Waals surface area contributed by atoms with E-state index in [0.29, 0.717) is 5.02 Å². The Labute approximate surface area is 126 Å². The summed E-state index contributed by atoms with van der Waals surface area (Å²) < 4.78 is 40.0. The molecule has 2 rings (SSSR count). The van der Waals surface area contributed by atoms with Gasteiger partial charge in [-0.15, -0.1) is 0 Å². The molecule has 19 heavy (non-hydrogen) atoms. The Morgan fingerprint density at radius 3 is 2.16 bits per heavy atom. The summed E-state index contributed by atoms with van der Waals surface area (Å²) >= 11 is 14.9. The molecule has 0 fully saturated rings. The summed E-state index contributed by atoms with van der Waals surface area (Å²) in [7, 11) is 0. The Kier molecular flexibility index (Phi) is 4.43. The summed E-state index contributed by atoms with van der Waals surface area (Å²) in [6.07, 6.45) is 0. The van der Waals surface area contributed by atoms with E-state index in [4.69, 9.17) is 23.2 Å². The molecule has 0 aromatic heterocycles. The summed E-state index contributed by atoms with van der Waals surface area (Å²) in [4.78, 5) is -0.728. The van der Waals surface area contributed by atoms with Crippen LogP contribution >= 0.6 is 39.1 Å². The zero-order valence-electron chi connectivity index (χ0n) is 9.23. The monoisotopic (exact) mass is 368 g/mol. The lowest BCUT2D eigenvalue weighted by molar-refractivity contribution is 0.507. The number of halogens is 6. The molecule has 0 saturated heterocycles. The number of alkyl halides is 1. The van der Waals surface area contributed by atoms with Gasteiger partial charge in [-0.2, -0.15) is 0 Å². The Hall–Kier alpha value is -0.710. The van der Waals surface area contributed by atoms with E-state index in [1.165, 1.54) is 18.2 Å². The van der Waals surface area contributed by atoms with E-state index >= 15 is 0 Å². The van der Waals surface area contributed by atoms with Crippen molar-refractivity contribution >= 4 is 39.1 Å². The predicted octanol–water partition coefficient (Wildman–Crippen LogP) is 5.90. The molecule has 1 atom stereocenters. The van der Waals surface area contributed by atoms with Crippen molar-refractivity contribution in [3.8, 4) is 0 Å². The lowest BCUT2D eigenvalue weighted by Crippen LogP contribution is -1.99. The first kappa shape index (κ1) is 14.7. The second-order valence-electron chi connectivity index (χ2n) is 3.82. The lowest BCUT2D eigenvalue weighted by Gasteiger charge is -2.14. The number of hydrogen-bond acceptors (Lipinski definition) is 0. The molecule has 0 spiro atoms. The van der Waals surface area contributed by atoms with Crippen molar-refractivity contribution in [2.75, 3.05) is 0 Å². The van der Waals surface area contributed by atoms with Crippen LogP contribution in [0.5, 0.6) is 0 Å². The highest BCUT2D eigenvalue weighted by Crippen LogP contribution is 2.38. The average molecular weight is 370 g/mol. The quantitative estimate of drug-likeness (QED) is 0.457. The SMILES string of the molecule is Fc1cc(Cl)c(C(Br)c2cc(Cl)ccc2F)cc1F. The molecule has 1 unspecified atom stereocenters. The fourth-order valence-electron chi connectivity index (χ4n) is 1.61. The first-order valence-corrected chi connectivity index (χ1v) is 6.80. The minimum atomic E-state index is -1.06. The van der Waals surface area contributed by atoms with Crippen LogP contribution < -0.4 is 0 Å². The summed E-state index contributed by atoms with van der Waals surface area (Å²) in [5.41, 5.74) is 0.419. The molecule has 0 aliphatic carbocycles. The molecular weight excluding hydrogens is 364 g/mol. The van der Waals surface area contributed by atoms with Crippen molar-refractivity contribution in [1.29, 1.82) is 0 Å². The van der Waals surface area contributed by atoms with E-state index < -0.39 is 22.3 Å². The van der Waals surface area contributed by atoms with Gasteiger partial charge < -0.3 is 0 Å². The maximum absolute atomic E-state index is 13.7. The Morgan fingerprint density at radius 2 is 1.47 bits per heavy atom.